The lowest BCUT2D eigenvalue weighted by Crippen LogP contribution is -2.14. The maximum atomic E-state index is 13.5. The molecule has 3 aromatic heterocycles. The summed E-state index contributed by atoms with van der Waals surface area (Å²) in [7, 11) is 1.78. The largest absolute Gasteiger partial charge is 0.307 e. The molecule has 0 bridgehead atoms. The van der Waals surface area contributed by atoms with E-state index < -0.39 is 0 Å². The van der Waals surface area contributed by atoms with Crippen molar-refractivity contribution >= 4 is 17.2 Å². The van der Waals surface area contributed by atoms with Gasteiger partial charge in [-0.2, -0.15) is 5.10 Å². The topological polar surface area (TPSA) is 64.2 Å². The van der Waals surface area contributed by atoms with Crippen molar-refractivity contribution in [2.45, 2.75) is 13.8 Å². The molecular weight excluding hydrogens is 417 g/mol. The molecule has 0 radical (unpaired) electrons. The summed E-state index contributed by atoms with van der Waals surface area (Å²) in [4.78, 5) is 17.4. The highest BCUT2D eigenvalue weighted by molar-refractivity contribution is 6.04. The molecule has 33 heavy (non-hydrogen) atoms. The zero-order chi connectivity index (χ0) is 23.1. The van der Waals surface area contributed by atoms with Crippen LogP contribution in [0.2, 0.25) is 0 Å². The molecule has 5 aromatic rings. The molecule has 0 atom stereocenters. The molecular formula is C26H22FN5O. The highest BCUT2D eigenvalue weighted by Gasteiger charge is 2.14. The van der Waals surface area contributed by atoms with Crippen molar-refractivity contribution in [3.63, 3.8) is 0 Å². The van der Waals surface area contributed by atoms with E-state index in [0.717, 1.165) is 39.2 Å². The van der Waals surface area contributed by atoms with E-state index in [0.29, 0.717) is 11.4 Å². The van der Waals surface area contributed by atoms with Crippen LogP contribution < -0.4 is 5.32 Å². The highest BCUT2D eigenvalue weighted by atomic mass is 19.1. The number of carbonyl (C=O) groups is 1. The number of anilines is 1. The zero-order valence-electron chi connectivity index (χ0n) is 18.5. The maximum absolute atomic E-state index is 13.5. The number of nitrogens with zero attached hydrogens (tertiary/aromatic N) is 4. The zero-order valence-corrected chi connectivity index (χ0v) is 18.5. The van der Waals surface area contributed by atoms with Crippen LogP contribution in [0.4, 0.5) is 10.2 Å². The quantitative estimate of drug-likeness (QED) is 0.407. The van der Waals surface area contributed by atoms with E-state index in [1.54, 1.807) is 36.3 Å². The molecule has 0 unspecified atom stereocenters. The maximum Gasteiger partial charge on any atom is 0.256 e. The number of hydrogen-bond donors (Lipinski definition) is 1. The van der Waals surface area contributed by atoms with Crippen molar-refractivity contribution in [3.05, 3.63) is 95.7 Å². The minimum absolute atomic E-state index is 0.195. The lowest BCUT2D eigenvalue weighted by atomic mass is 9.98. The Bertz CT molecular complexity index is 1510. The van der Waals surface area contributed by atoms with Gasteiger partial charge in [0.1, 0.15) is 17.5 Å². The SMILES string of the molecule is Cc1ccc(C(=O)Nc2ccnn2C)cc1-c1ccn2c(-c3ccc(F)cc3C)ncc2c1. The molecule has 0 aliphatic rings. The first kappa shape index (κ1) is 20.6. The van der Waals surface area contributed by atoms with E-state index in [9.17, 15) is 9.18 Å². The summed E-state index contributed by atoms with van der Waals surface area (Å²) in [5.74, 6) is 0.933. The van der Waals surface area contributed by atoms with Gasteiger partial charge in [-0.05, 0) is 78.6 Å². The number of carbonyl (C=O) groups excluding carboxylic acids is 1. The standard InChI is InChI=1S/C26H22FN5O/c1-16-4-5-19(26(33)30-24-8-10-29-31(24)3)14-23(16)18-9-11-32-21(13-18)15-28-25(32)22-7-6-20(27)12-17(22)2/h4-15H,1-3H3,(H,30,33). The fourth-order valence-corrected chi connectivity index (χ4v) is 4.00. The Morgan fingerprint density at radius 3 is 2.58 bits per heavy atom. The van der Waals surface area contributed by atoms with Crippen molar-refractivity contribution in [2.24, 2.45) is 7.05 Å². The average molecular weight is 439 g/mol. The van der Waals surface area contributed by atoms with Crippen LogP contribution in [0.25, 0.3) is 28.0 Å². The number of aromatic nitrogens is 4. The Balaban J connectivity index is 1.51. The summed E-state index contributed by atoms with van der Waals surface area (Å²) in [5, 5.41) is 6.97. The fourth-order valence-electron chi connectivity index (χ4n) is 4.00. The molecule has 0 aliphatic carbocycles. The monoisotopic (exact) mass is 439 g/mol. The van der Waals surface area contributed by atoms with Crippen LogP contribution >= 0.6 is 0 Å². The van der Waals surface area contributed by atoms with Crippen LogP contribution in [0.5, 0.6) is 0 Å². The van der Waals surface area contributed by atoms with Crippen LogP contribution in [-0.4, -0.2) is 25.1 Å². The summed E-state index contributed by atoms with van der Waals surface area (Å²) in [6.07, 6.45) is 5.40. The predicted octanol–water partition coefficient (Wildman–Crippen LogP) is 5.41. The molecule has 1 N–H and O–H groups in total. The van der Waals surface area contributed by atoms with Crippen molar-refractivity contribution in [1.29, 1.82) is 0 Å². The molecule has 0 saturated heterocycles. The predicted molar refractivity (Wildman–Crippen MR) is 127 cm³/mol. The van der Waals surface area contributed by atoms with Crippen LogP contribution in [0, 0.1) is 19.7 Å². The first-order chi connectivity index (χ1) is 15.9. The van der Waals surface area contributed by atoms with Crippen molar-refractivity contribution in [3.8, 4) is 22.5 Å². The number of amides is 1. The summed E-state index contributed by atoms with van der Waals surface area (Å²) in [6.45, 7) is 3.89. The van der Waals surface area contributed by atoms with Gasteiger partial charge < -0.3 is 5.32 Å². The van der Waals surface area contributed by atoms with Crippen LogP contribution in [0.1, 0.15) is 21.5 Å². The molecule has 1 amide bonds. The highest BCUT2D eigenvalue weighted by Crippen LogP contribution is 2.29. The van der Waals surface area contributed by atoms with Gasteiger partial charge in [0.2, 0.25) is 0 Å². The van der Waals surface area contributed by atoms with Gasteiger partial charge in [-0.3, -0.25) is 13.9 Å². The number of pyridine rings is 1. The van der Waals surface area contributed by atoms with Gasteiger partial charge in [-0.15, -0.1) is 0 Å². The molecule has 7 heteroatoms. The van der Waals surface area contributed by atoms with Gasteiger partial charge in [0.05, 0.1) is 17.9 Å². The smallest absolute Gasteiger partial charge is 0.256 e. The van der Waals surface area contributed by atoms with Gasteiger partial charge in [-0.25, -0.2) is 9.37 Å². The molecule has 0 spiro atoms. The number of rotatable bonds is 4. The second-order valence-electron chi connectivity index (χ2n) is 8.08. The minimum atomic E-state index is -0.262. The Labute approximate surface area is 190 Å². The van der Waals surface area contributed by atoms with Gasteiger partial charge in [0.15, 0.2) is 0 Å². The van der Waals surface area contributed by atoms with Crippen molar-refractivity contribution < 1.29 is 9.18 Å². The van der Waals surface area contributed by atoms with Crippen molar-refractivity contribution in [1.82, 2.24) is 19.2 Å². The van der Waals surface area contributed by atoms with E-state index in [-0.39, 0.29) is 11.7 Å². The fraction of sp³-hybridized carbons (Fsp3) is 0.115. The first-order valence-electron chi connectivity index (χ1n) is 10.5. The van der Waals surface area contributed by atoms with Crippen LogP contribution in [-0.2, 0) is 7.05 Å². The van der Waals surface area contributed by atoms with Gasteiger partial charge >= 0.3 is 0 Å². The van der Waals surface area contributed by atoms with Crippen molar-refractivity contribution in [2.75, 3.05) is 5.32 Å². The van der Waals surface area contributed by atoms with Crippen LogP contribution in [0.15, 0.2) is 73.2 Å². The second kappa shape index (κ2) is 8.02. The van der Waals surface area contributed by atoms with Gasteiger partial charge in [0.25, 0.3) is 5.91 Å². The summed E-state index contributed by atoms with van der Waals surface area (Å²) < 4.78 is 17.1. The molecule has 3 heterocycles. The summed E-state index contributed by atoms with van der Waals surface area (Å²) in [6, 6.07) is 16.2. The molecule has 164 valence electrons. The Morgan fingerprint density at radius 2 is 1.82 bits per heavy atom. The third-order valence-corrected chi connectivity index (χ3v) is 5.83. The Morgan fingerprint density at radius 1 is 0.970 bits per heavy atom. The molecule has 6 nitrogen and oxygen atoms in total. The van der Waals surface area contributed by atoms with Gasteiger partial charge in [-0.1, -0.05) is 6.07 Å². The third kappa shape index (κ3) is 3.78. The average Bonchev–Trinajstić information content (AvgIpc) is 3.39. The molecule has 0 fully saturated rings. The third-order valence-electron chi connectivity index (χ3n) is 5.83. The number of benzene rings is 2. The number of hydrogen-bond acceptors (Lipinski definition) is 3. The van der Waals surface area contributed by atoms with Gasteiger partial charge in [0, 0.05) is 30.4 Å². The lowest BCUT2D eigenvalue weighted by Gasteiger charge is -2.11. The summed E-state index contributed by atoms with van der Waals surface area (Å²) >= 11 is 0. The minimum Gasteiger partial charge on any atom is -0.307 e. The first-order valence-corrected chi connectivity index (χ1v) is 10.5. The van der Waals surface area contributed by atoms with E-state index in [1.807, 2.05) is 54.8 Å². The number of fused-ring (bicyclic) bond motifs is 1. The van der Waals surface area contributed by atoms with E-state index in [1.165, 1.54) is 12.1 Å². The second-order valence-corrected chi connectivity index (χ2v) is 8.08. The lowest BCUT2D eigenvalue weighted by molar-refractivity contribution is 0.102. The number of imidazole rings is 1. The normalized spacial score (nSPS) is 11.2. The number of aryl methyl sites for hydroxylation is 3. The number of nitrogens with one attached hydrogen (secondary N) is 1. The van der Waals surface area contributed by atoms with E-state index in [4.69, 9.17) is 0 Å². The molecule has 5 rings (SSSR count). The molecule has 0 saturated carbocycles. The van der Waals surface area contributed by atoms with E-state index >= 15 is 0 Å². The molecule has 0 aliphatic heterocycles. The van der Waals surface area contributed by atoms with Crippen LogP contribution in [0.3, 0.4) is 0 Å². The summed E-state index contributed by atoms with van der Waals surface area (Å²) in [5.41, 5.74) is 6.20. The Hall–Kier alpha value is -4.26. The number of halogens is 1. The Kier molecular flexibility index (Phi) is 5.01. The van der Waals surface area contributed by atoms with E-state index in [2.05, 4.69) is 15.4 Å². The molecule has 2 aromatic carbocycles.